The van der Waals surface area contributed by atoms with E-state index in [2.05, 4.69) is 5.32 Å². The molecular formula is C26H24ClNO4. The van der Waals surface area contributed by atoms with E-state index < -0.39 is 0 Å². The monoisotopic (exact) mass is 449 g/mol. The first kappa shape index (κ1) is 23.0. The maximum absolute atomic E-state index is 12.2. The van der Waals surface area contributed by atoms with Gasteiger partial charge in [-0.2, -0.15) is 0 Å². The molecule has 0 heterocycles. The van der Waals surface area contributed by atoms with Crippen molar-refractivity contribution in [1.29, 1.82) is 0 Å². The highest BCUT2D eigenvalue weighted by Crippen LogP contribution is 2.38. The van der Waals surface area contributed by atoms with Crippen LogP contribution in [0.5, 0.6) is 17.2 Å². The second-order valence-electron chi connectivity index (χ2n) is 6.77. The maximum Gasteiger partial charge on any atom is 0.203 e. The molecule has 0 radical (unpaired) electrons. The largest absolute Gasteiger partial charge is 0.493 e. The number of anilines is 1. The second kappa shape index (κ2) is 11.1. The molecule has 0 saturated heterocycles. The fourth-order valence-electron chi connectivity index (χ4n) is 3.07. The standard InChI is InChI=1S/C26H24ClNO4/c1-30-24-15-19(16-25(31-2)26(24)32-3)11-10-18-6-4-9-22(14-18)28-13-12-23(29)20-7-5-8-21(27)17-20/h4-17,28H,1-3H3/b11-10?,13-12-. The molecule has 0 aliphatic carbocycles. The van der Waals surface area contributed by atoms with Crippen LogP contribution < -0.4 is 19.5 Å². The maximum atomic E-state index is 12.2. The number of halogens is 1. The first-order valence-corrected chi connectivity index (χ1v) is 10.2. The highest BCUT2D eigenvalue weighted by Gasteiger charge is 2.12. The molecule has 1 N–H and O–H groups in total. The van der Waals surface area contributed by atoms with Gasteiger partial charge in [0.2, 0.25) is 5.75 Å². The lowest BCUT2D eigenvalue weighted by molar-refractivity contribution is 0.104. The number of rotatable bonds is 9. The molecule has 0 spiro atoms. The first-order chi connectivity index (χ1) is 15.5. The molecule has 0 unspecified atom stereocenters. The van der Waals surface area contributed by atoms with E-state index in [0.29, 0.717) is 27.8 Å². The summed E-state index contributed by atoms with van der Waals surface area (Å²) in [5.74, 6) is 1.61. The zero-order valence-electron chi connectivity index (χ0n) is 18.1. The number of methoxy groups -OCH3 is 3. The van der Waals surface area contributed by atoms with Gasteiger partial charge in [0.25, 0.3) is 0 Å². The van der Waals surface area contributed by atoms with Crippen LogP contribution in [-0.2, 0) is 0 Å². The first-order valence-electron chi connectivity index (χ1n) is 9.85. The molecule has 0 bridgehead atoms. The van der Waals surface area contributed by atoms with Gasteiger partial charge in [-0.25, -0.2) is 0 Å². The van der Waals surface area contributed by atoms with Crippen LogP contribution in [0.25, 0.3) is 12.2 Å². The van der Waals surface area contributed by atoms with E-state index in [0.717, 1.165) is 16.8 Å². The summed E-state index contributed by atoms with van der Waals surface area (Å²) in [7, 11) is 4.75. The Morgan fingerprint density at radius 2 is 1.53 bits per heavy atom. The molecular weight excluding hydrogens is 426 g/mol. The van der Waals surface area contributed by atoms with Crippen LogP contribution in [0.3, 0.4) is 0 Å². The third-order valence-corrected chi connectivity index (χ3v) is 4.87. The van der Waals surface area contributed by atoms with Crippen molar-refractivity contribution < 1.29 is 19.0 Å². The fourth-order valence-corrected chi connectivity index (χ4v) is 3.26. The van der Waals surface area contributed by atoms with Crippen molar-refractivity contribution in [1.82, 2.24) is 0 Å². The van der Waals surface area contributed by atoms with Gasteiger partial charge in [0.1, 0.15) is 0 Å². The Kier molecular flexibility index (Phi) is 7.95. The van der Waals surface area contributed by atoms with Crippen LogP contribution in [0.15, 0.2) is 72.9 Å². The Bertz CT molecular complexity index is 1130. The van der Waals surface area contributed by atoms with E-state index in [4.69, 9.17) is 25.8 Å². The summed E-state index contributed by atoms with van der Waals surface area (Å²) in [6, 6.07) is 18.4. The summed E-state index contributed by atoms with van der Waals surface area (Å²) in [6.45, 7) is 0. The predicted octanol–water partition coefficient (Wildman–Crippen LogP) is 6.34. The van der Waals surface area contributed by atoms with Crippen molar-refractivity contribution in [2.24, 2.45) is 0 Å². The number of ether oxygens (including phenoxy) is 3. The van der Waals surface area contributed by atoms with Gasteiger partial charge >= 0.3 is 0 Å². The topological polar surface area (TPSA) is 56.8 Å². The van der Waals surface area contributed by atoms with Crippen LogP contribution in [0.2, 0.25) is 5.02 Å². The van der Waals surface area contributed by atoms with Gasteiger partial charge in [-0.3, -0.25) is 4.79 Å². The number of hydrogen-bond donors (Lipinski definition) is 1. The van der Waals surface area contributed by atoms with Gasteiger partial charge in [0.15, 0.2) is 17.3 Å². The van der Waals surface area contributed by atoms with E-state index >= 15 is 0 Å². The Hall–Kier alpha value is -3.70. The van der Waals surface area contributed by atoms with E-state index in [1.165, 1.54) is 6.08 Å². The lowest BCUT2D eigenvalue weighted by Crippen LogP contribution is -1.96. The van der Waals surface area contributed by atoms with Crippen LogP contribution >= 0.6 is 11.6 Å². The summed E-state index contributed by atoms with van der Waals surface area (Å²) in [4.78, 5) is 12.2. The number of ketones is 1. The Morgan fingerprint density at radius 3 is 2.19 bits per heavy atom. The number of allylic oxidation sites excluding steroid dienone is 1. The average Bonchev–Trinajstić information content (AvgIpc) is 2.82. The van der Waals surface area contributed by atoms with Gasteiger partial charge in [0, 0.05) is 28.5 Å². The van der Waals surface area contributed by atoms with E-state index in [1.807, 2.05) is 48.6 Å². The van der Waals surface area contributed by atoms with Crippen molar-refractivity contribution in [2.45, 2.75) is 0 Å². The number of hydrogen-bond acceptors (Lipinski definition) is 5. The van der Waals surface area contributed by atoms with Crippen molar-refractivity contribution in [2.75, 3.05) is 26.6 Å². The minimum absolute atomic E-state index is 0.126. The molecule has 5 nitrogen and oxygen atoms in total. The summed E-state index contributed by atoms with van der Waals surface area (Å²) in [5, 5.41) is 3.66. The Labute approximate surface area is 192 Å². The Morgan fingerprint density at radius 1 is 0.844 bits per heavy atom. The summed E-state index contributed by atoms with van der Waals surface area (Å²) < 4.78 is 16.2. The molecule has 0 atom stereocenters. The van der Waals surface area contributed by atoms with E-state index in [-0.39, 0.29) is 5.78 Å². The van der Waals surface area contributed by atoms with Crippen LogP contribution in [-0.4, -0.2) is 27.1 Å². The zero-order chi connectivity index (χ0) is 22.9. The minimum atomic E-state index is -0.126. The third-order valence-electron chi connectivity index (χ3n) is 4.64. The smallest absolute Gasteiger partial charge is 0.203 e. The molecule has 0 aliphatic rings. The summed E-state index contributed by atoms with van der Waals surface area (Å²) >= 11 is 5.94. The van der Waals surface area contributed by atoms with Gasteiger partial charge in [0.05, 0.1) is 21.3 Å². The van der Waals surface area contributed by atoms with Crippen molar-refractivity contribution in [3.05, 3.63) is 94.7 Å². The summed E-state index contributed by atoms with van der Waals surface area (Å²) in [5.41, 5.74) is 3.29. The molecule has 3 aromatic rings. The molecule has 0 fully saturated rings. The van der Waals surface area contributed by atoms with Gasteiger partial charge in [-0.15, -0.1) is 0 Å². The predicted molar refractivity (Wildman–Crippen MR) is 130 cm³/mol. The molecule has 3 aromatic carbocycles. The number of carbonyl (C=O) groups excluding carboxylic acids is 1. The lowest BCUT2D eigenvalue weighted by atomic mass is 10.1. The van der Waals surface area contributed by atoms with Crippen molar-refractivity contribution in [3.63, 3.8) is 0 Å². The number of carbonyl (C=O) groups is 1. The quantitative estimate of drug-likeness (QED) is 0.234. The fraction of sp³-hybridized carbons (Fsp3) is 0.115. The van der Waals surface area contributed by atoms with Gasteiger partial charge in [-0.1, -0.05) is 48.0 Å². The minimum Gasteiger partial charge on any atom is -0.493 e. The van der Waals surface area contributed by atoms with Crippen LogP contribution in [0.4, 0.5) is 5.69 Å². The Balaban J connectivity index is 1.71. The number of nitrogens with one attached hydrogen (secondary N) is 1. The lowest BCUT2D eigenvalue weighted by Gasteiger charge is -2.12. The highest BCUT2D eigenvalue weighted by atomic mass is 35.5. The molecule has 3 rings (SSSR count). The molecule has 6 heteroatoms. The van der Waals surface area contributed by atoms with Crippen LogP contribution in [0, 0.1) is 0 Å². The second-order valence-corrected chi connectivity index (χ2v) is 7.21. The molecule has 0 aromatic heterocycles. The molecule has 32 heavy (non-hydrogen) atoms. The normalized spacial score (nSPS) is 11.0. The average molecular weight is 450 g/mol. The van der Waals surface area contributed by atoms with Crippen LogP contribution in [0.1, 0.15) is 21.5 Å². The SMILES string of the molecule is COc1cc(C=Cc2cccc(N/C=C\C(=O)c3cccc(Cl)c3)c2)cc(OC)c1OC. The number of benzene rings is 3. The molecule has 0 saturated carbocycles. The zero-order valence-corrected chi connectivity index (χ0v) is 18.8. The van der Waals surface area contributed by atoms with E-state index in [1.54, 1.807) is 51.8 Å². The van der Waals surface area contributed by atoms with Crippen molar-refractivity contribution in [3.8, 4) is 17.2 Å². The third kappa shape index (κ3) is 5.93. The molecule has 0 aliphatic heterocycles. The van der Waals surface area contributed by atoms with Gasteiger partial charge < -0.3 is 19.5 Å². The molecule has 0 amide bonds. The summed E-state index contributed by atoms with van der Waals surface area (Å²) in [6.07, 6.45) is 7.03. The van der Waals surface area contributed by atoms with E-state index in [9.17, 15) is 4.79 Å². The highest BCUT2D eigenvalue weighted by molar-refractivity contribution is 6.31. The van der Waals surface area contributed by atoms with Gasteiger partial charge in [-0.05, 0) is 47.5 Å². The molecule has 164 valence electrons. The van der Waals surface area contributed by atoms with Crippen molar-refractivity contribution >= 4 is 35.2 Å².